The number of ether oxygens (including phenoxy) is 1. The fourth-order valence-corrected chi connectivity index (χ4v) is 2.82. The first-order chi connectivity index (χ1) is 11.8. The summed E-state index contributed by atoms with van der Waals surface area (Å²) < 4.78 is 6.22. The van der Waals surface area contributed by atoms with E-state index in [0.717, 1.165) is 10.6 Å². The Morgan fingerprint density at radius 3 is 2.52 bits per heavy atom. The van der Waals surface area contributed by atoms with Crippen molar-refractivity contribution < 1.29 is 24.9 Å². The maximum atomic E-state index is 12.5. The first-order valence-electron chi connectivity index (χ1n) is 7.16. The molecule has 1 fully saturated rings. The van der Waals surface area contributed by atoms with Crippen LogP contribution < -0.4 is 22.8 Å². The number of nitrogens with two attached hydrogens (primary N) is 3. The van der Waals surface area contributed by atoms with Crippen LogP contribution in [0.3, 0.4) is 0 Å². The first-order valence-corrected chi connectivity index (χ1v) is 7.16. The summed E-state index contributed by atoms with van der Waals surface area (Å²) in [6, 6.07) is 0.898. The fraction of sp³-hybridized carbons (Fsp3) is 0.385. The number of carbonyl (C=O) groups excluding carboxylic acids is 1. The van der Waals surface area contributed by atoms with Gasteiger partial charge >= 0.3 is 0 Å². The van der Waals surface area contributed by atoms with Crippen molar-refractivity contribution in [1.82, 2.24) is 14.5 Å². The molecular weight excluding hydrogens is 336 g/mol. The van der Waals surface area contributed by atoms with E-state index in [-0.39, 0.29) is 28.4 Å². The third kappa shape index (κ3) is 2.56. The van der Waals surface area contributed by atoms with Crippen molar-refractivity contribution in [2.24, 2.45) is 5.73 Å². The van der Waals surface area contributed by atoms with Crippen LogP contribution in [0, 0.1) is 0 Å². The lowest BCUT2D eigenvalue weighted by atomic mass is 10.1. The topological polar surface area (TPSA) is 213 Å². The molecule has 4 atom stereocenters. The number of nitrogen functional groups attached to an aromatic ring is 2. The molecule has 0 aliphatic carbocycles. The molecule has 2 aromatic heterocycles. The van der Waals surface area contributed by atoms with Gasteiger partial charge in [-0.1, -0.05) is 0 Å². The standard InChI is InChI=1S/C13H16N6O6/c14-9-6-3(10(15)24)1-5(21)19(11(6)18-13(16)17-9)12-8(23)7(22)4(2-20)25-12/h1,4,7-8,12,20,22-23H,2H2,(H2,15,24)(H4,14,16,17,18)/t4-,7-,8-,12-/m1/s1. The minimum absolute atomic E-state index is 0.0426. The molecule has 12 nitrogen and oxygen atoms in total. The zero-order valence-corrected chi connectivity index (χ0v) is 12.7. The number of pyridine rings is 1. The van der Waals surface area contributed by atoms with Gasteiger partial charge in [-0.2, -0.15) is 9.97 Å². The predicted octanol–water partition coefficient (Wildman–Crippen LogP) is -3.33. The van der Waals surface area contributed by atoms with E-state index in [1.807, 2.05) is 0 Å². The van der Waals surface area contributed by atoms with Crippen LogP contribution >= 0.6 is 0 Å². The van der Waals surface area contributed by atoms with Gasteiger partial charge in [0.05, 0.1) is 17.6 Å². The molecular formula is C13H16N6O6. The van der Waals surface area contributed by atoms with E-state index in [4.69, 9.17) is 21.9 Å². The second-order valence-electron chi connectivity index (χ2n) is 5.53. The predicted molar refractivity (Wildman–Crippen MR) is 84.2 cm³/mol. The smallest absolute Gasteiger partial charge is 0.255 e. The van der Waals surface area contributed by atoms with Gasteiger partial charge in [0.25, 0.3) is 5.56 Å². The van der Waals surface area contributed by atoms with Crippen molar-refractivity contribution in [3.8, 4) is 0 Å². The van der Waals surface area contributed by atoms with Crippen LogP contribution in [-0.2, 0) is 4.74 Å². The fourth-order valence-electron chi connectivity index (χ4n) is 2.82. The Morgan fingerprint density at radius 2 is 1.96 bits per heavy atom. The van der Waals surface area contributed by atoms with Crippen molar-refractivity contribution in [2.75, 3.05) is 18.1 Å². The highest BCUT2D eigenvalue weighted by Crippen LogP contribution is 2.31. The lowest BCUT2D eigenvalue weighted by Crippen LogP contribution is -2.36. The van der Waals surface area contributed by atoms with Gasteiger partial charge in [-0.05, 0) is 0 Å². The Morgan fingerprint density at radius 1 is 1.28 bits per heavy atom. The summed E-state index contributed by atoms with van der Waals surface area (Å²) in [6.45, 7) is -0.583. The average Bonchev–Trinajstić information content (AvgIpc) is 2.81. The van der Waals surface area contributed by atoms with E-state index in [2.05, 4.69) is 9.97 Å². The second-order valence-corrected chi connectivity index (χ2v) is 5.53. The Balaban J connectivity index is 2.33. The molecule has 2 aromatic rings. The molecule has 3 heterocycles. The number of carbonyl (C=O) groups is 1. The molecule has 0 bridgehead atoms. The quantitative estimate of drug-likeness (QED) is 0.323. The molecule has 1 amide bonds. The second kappa shape index (κ2) is 5.93. The zero-order chi connectivity index (χ0) is 18.5. The number of fused-ring (bicyclic) bond motifs is 1. The number of hydrogen-bond donors (Lipinski definition) is 6. The minimum Gasteiger partial charge on any atom is -0.394 e. The van der Waals surface area contributed by atoms with Crippen molar-refractivity contribution >= 4 is 28.7 Å². The van der Waals surface area contributed by atoms with Crippen molar-refractivity contribution in [3.05, 3.63) is 22.0 Å². The molecule has 0 radical (unpaired) electrons. The van der Waals surface area contributed by atoms with E-state index in [9.17, 15) is 24.9 Å². The maximum Gasteiger partial charge on any atom is 0.255 e. The molecule has 134 valence electrons. The van der Waals surface area contributed by atoms with Gasteiger partial charge in [0.2, 0.25) is 11.9 Å². The van der Waals surface area contributed by atoms with Crippen LogP contribution in [0.15, 0.2) is 10.9 Å². The summed E-state index contributed by atoms with van der Waals surface area (Å²) >= 11 is 0. The third-order valence-corrected chi connectivity index (χ3v) is 3.98. The van der Waals surface area contributed by atoms with Crippen LogP contribution in [0.2, 0.25) is 0 Å². The Hall–Kier alpha value is -2.80. The highest BCUT2D eigenvalue weighted by atomic mass is 16.6. The van der Waals surface area contributed by atoms with Crippen LogP contribution in [0.5, 0.6) is 0 Å². The SMILES string of the molecule is NC(=O)c1cc(=O)n([C@@H]2O[C@H](CO)[C@@H](O)[C@H]2O)c2nc(N)nc(N)c12. The maximum absolute atomic E-state index is 12.5. The normalized spacial score (nSPS) is 26.2. The van der Waals surface area contributed by atoms with Crippen LogP contribution in [0.1, 0.15) is 16.6 Å². The minimum atomic E-state index is -1.55. The third-order valence-electron chi connectivity index (χ3n) is 3.98. The molecule has 3 rings (SSSR count). The van der Waals surface area contributed by atoms with Gasteiger partial charge in [0, 0.05) is 6.07 Å². The number of rotatable bonds is 3. The molecule has 25 heavy (non-hydrogen) atoms. The summed E-state index contributed by atoms with van der Waals surface area (Å²) in [5.41, 5.74) is 15.4. The monoisotopic (exact) mass is 352 g/mol. The summed E-state index contributed by atoms with van der Waals surface area (Å²) in [4.78, 5) is 31.8. The van der Waals surface area contributed by atoms with Crippen LogP contribution in [-0.4, -0.2) is 60.7 Å². The summed E-state index contributed by atoms with van der Waals surface area (Å²) in [5, 5.41) is 29.2. The van der Waals surface area contributed by atoms with Gasteiger partial charge in [-0.25, -0.2) is 0 Å². The number of hydrogen-bond acceptors (Lipinski definition) is 10. The van der Waals surface area contributed by atoms with Crippen LogP contribution in [0.25, 0.3) is 11.0 Å². The molecule has 1 aliphatic heterocycles. The number of aliphatic hydroxyl groups excluding tert-OH is 3. The van der Waals surface area contributed by atoms with E-state index in [1.165, 1.54) is 0 Å². The van der Waals surface area contributed by atoms with Gasteiger partial charge < -0.3 is 37.3 Å². The average molecular weight is 352 g/mol. The molecule has 9 N–H and O–H groups in total. The Kier molecular flexibility index (Phi) is 4.04. The van der Waals surface area contributed by atoms with Gasteiger partial charge in [-0.3, -0.25) is 14.2 Å². The van der Waals surface area contributed by atoms with E-state index < -0.39 is 42.6 Å². The largest absolute Gasteiger partial charge is 0.394 e. The van der Waals surface area contributed by atoms with E-state index in [0.29, 0.717) is 0 Å². The molecule has 0 aromatic carbocycles. The van der Waals surface area contributed by atoms with Gasteiger partial charge in [-0.15, -0.1) is 0 Å². The Bertz CT molecular complexity index is 914. The number of nitrogens with zero attached hydrogens (tertiary/aromatic N) is 3. The van der Waals surface area contributed by atoms with E-state index in [1.54, 1.807) is 0 Å². The molecule has 0 saturated carbocycles. The highest BCUT2D eigenvalue weighted by molar-refractivity contribution is 6.08. The Labute approximate surface area is 139 Å². The lowest BCUT2D eigenvalue weighted by molar-refractivity contribution is -0.0524. The van der Waals surface area contributed by atoms with E-state index >= 15 is 0 Å². The number of amides is 1. The first kappa shape index (κ1) is 17.0. The highest BCUT2D eigenvalue weighted by Gasteiger charge is 2.44. The summed E-state index contributed by atoms with van der Waals surface area (Å²) in [6.07, 6.45) is -5.49. The van der Waals surface area contributed by atoms with Crippen LogP contribution in [0.4, 0.5) is 11.8 Å². The lowest BCUT2D eigenvalue weighted by Gasteiger charge is -2.20. The number of aromatic nitrogens is 3. The number of anilines is 2. The molecule has 12 heteroatoms. The molecule has 0 unspecified atom stereocenters. The number of aliphatic hydroxyl groups is 3. The summed E-state index contributed by atoms with van der Waals surface area (Å²) in [5.74, 6) is -1.42. The van der Waals surface area contributed by atoms with Crippen molar-refractivity contribution in [3.63, 3.8) is 0 Å². The van der Waals surface area contributed by atoms with Crippen molar-refractivity contribution in [1.29, 1.82) is 0 Å². The van der Waals surface area contributed by atoms with Gasteiger partial charge in [0.1, 0.15) is 24.1 Å². The molecule has 0 spiro atoms. The van der Waals surface area contributed by atoms with Crippen molar-refractivity contribution in [2.45, 2.75) is 24.5 Å². The molecule has 1 saturated heterocycles. The molecule has 1 aliphatic rings. The summed E-state index contributed by atoms with van der Waals surface area (Å²) in [7, 11) is 0. The van der Waals surface area contributed by atoms with Gasteiger partial charge in [0.15, 0.2) is 11.9 Å². The number of primary amides is 1. The zero-order valence-electron chi connectivity index (χ0n) is 12.7.